The molecule has 0 amide bonds. The van der Waals surface area contributed by atoms with Gasteiger partial charge < -0.3 is 4.74 Å². The minimum Gasteiger partial charge on any atom is -0.379 e. The minimum absolute atomic E-state index is 0.872. The van der Waals surface area contributed by atoms with Gasteiger partial charge in [0.15, 0.2) is 0 Å². The van der Waals surface area contributed by atoms with Crippen molar-refractivity contribution in [3.63, 3.8) is 0 Å². The first kappa shape index (κ1) is 11.8. The molecule has 1 fully saturated rings. The maximum atomic E-state index is 5.31. The Morgan fingerprint density at radius 3 is 2.94 bits per heavy atom. The Kier molecular flexibility index (Phi) is 4.56. The van der Waals surface area contributed by atoms with Crippen LogP contribution < -0.4 is 0 Å². The molecule has 0 N–H and O–H groups in total. The lowest BCUT2D eigenvalue weighted by molar-refractivity contribution is 0.0410. The van der Waals surface area contributed by atoms with E-state index in [1.54, 1.807) is 18.1 Å². The first-order chi connectivity index (χ1) is 7.84. The molecule has 0 spiro atoms. The lowest BCUT2D eigenvalue weighted by atomic mass is 10.4. The van der Waals surface area contributed by atoms with Crippen molar-refractivity contribution in [2.75, 3.05) is 38.6 Å². The summed E-state index contributed by atoms with van der Waals surface area (Å²) in [4.78, 5) is 10.8. The SMILES string of the molecule is Cc1cc(SCCN2CCOCC2)ncn1. The highest BCUT2D eigenvalue weighted by molar-refractivity contribution is 7.99. The van der Waals surface area contributed by atoms with Crippen molar-refractivity contribution in [2.24, 2.45) is 0 Å². The molecule has 0 atom stereocenters. The van der Waals surface area contributed by atoms with Gasteiger partial charge in [-0.05, 0) is 13.0 Å². The third-order valence-corrected chi connectivity index (χ3v) is 3.45. The summed E-state index contributed by atoms with van der Waals surface area (Å²) in [6.45, 7) is 6.96. The second-order valence-corrected chi connectivity index (χ2v) is 4.92. The van der Waals surface area contributed by atoms with Gasteiger partial charge in [-0.3, -0.25) is 4.90 Å². The van der Waals surface area contributed by atoms with Crippen LogP contribution in [0.2, 0.25) is 0 Å². The van der Waals surface area contributed by atoms with E-state index in [-0.39, 0.29) is 0 Å². The van der Waals surface area contributed by atoms with Gasteiger partial charge in [0.2, 0.25) is 0 Å². The van der Waals surface area contributed by atoms with Gasteiger partial charge in [-0.1, -0.05) is 0 Å². The Labute approximate surface area is 100 Å². The molecule has 16 heavy (non-hydrogen) atoms. The Balaban J connectivity index is 1.71. The van der Waals surface area contributed by atoms with Crippen molar-refractivity contribution in [1.29, 1.82) is 0 Å². The molecule has 0 aromatic carbocycles. The summed E-state index contributed by atoms with van der Waals surface area (Å²) in [7, 11) is 0. The number of rotatable bonds is 4. The summed E-state index contributed by atoms with van der Waals surface area (Å²) in [5.41, 5.74) is 1.03. The fourth-order valence-corrected chi connectivity index (χ4v) is 2.55. The van der Waals surface area contributed by atoms with Gasteiger partial charge in [-0.2, -0.15) is 0 Å². The van der Waals surface area contributed by atoms with E-state index < -0.39 is 0 Å². The molecule has 0 saturated carbocycles. The first-order valence-electron chi connectivity index (χ1n) is 5.56. The molecule has 0 unspecified atom stereocenters. The van der Waals surface area contributed by atoms with Crippen LogP contribution in [0, 0.1) is 6.92 Å². The van der Waals surface area contributed by atoms with Gasteiger partial charge in [0.1, 0.15) is 6.33 Å². The molecule has 1 aliphatic heterocycles. The fraction of sp³-hybridized carbons (Fsp3) is 0.636. The third-order valence-electron chi connectivity index (χ3n) is 2.54. The summed E-state index contributed by atoms with van der Waals surface area (Å²) in [6, 6.07) is 2.03. The van der Waals surface area contributed by atoms with E-state index in [1.807, 2.05) is 13.0 Å². The maximum absolute atomic E-state index is 5.31. The zero-order valence-corrected chi connectivity index (χ0v) is 10.4. The predicted molar refractivity (Wildman–Crippen MR) is 64.8 cm³/mol. The number of hydrogen-bond acceptors (Lipinski definition) is 5. The van der Waals surface area contributed by atoms with E-state index in [4.69, 9.17) is 4.74 Å². The van der Waals surface area contributed by atoms with Gasteiger partial charge in [-0.25, -0.2) is 9.97 Å². The van der Waals surface area contributed by atoms with Crippen molar-refractivity contribution in [2.45, 2.75) is 11.9 Å². The van der Waals surface area contributed by atoms with Crippen molar-refractivity contribution in [1.82, 2.24) is 14.9 Å². The second kappa shape index (κ2) is 6.18. The Bertz CT molecular complexity index is 329. The summed E-state index contributed by atoms with van der Waals surface area (Å²) in [5, 5.41) is 1.07. The zero-order valence-electron chi connectivity index (χ0n) is 9.56. The van der Waals surface area contributed by atoms with Crippen molar-refractivity contribution in [3.8, 4) is 0 Å². The van der Waals surface area contributed by atoms with Crippen LogP contribution in [0.3, 0.4) is 0 Å². The highest BCUT2D eigenvalue weighted by Crippen LogP contribution is 2.15. The van der Waals surface area contributed by atoms with Gasteiger partial charge in [0.05, 0.1) is 18.2 Å². The molecule has 1 saturated heterocycles. The van der Waals surface area contributed by atoms with Crippen LogP contribution in [0.4, 0.5) is 0 Å². The maximum Gasteiger partial charge on any atom is 0.116 e. The molecule has 2 rings (SSSR count). The van der Waals surface area contributed by atoms with E-state index in [1.165, 1.54) is 0 Å². The number of aromatic nitrogens is 2. The number of morpholine rings is 1. The van der Waals surface area contributed by atoms with Crippen molar-refractivity contribution in [3.05, 3.63) is 18.1 Å². The van der Waals surface area contributed by atoms with E-state index in [0.717, 1.165) is 49.3 Å². The lowest BCUT2D eigenvalue weighted by Gasteiger charge is -2.26. The monoisotopic (exact) mass is 239 g/mol. The molecule has 0 bridgehead atoms. The lowest BCUT2D eigenvalue weighted by Crippen LogP contribution is -2.37. The number of hydrogen-bond donors (Lipinski definition) is 0. The van der Waals surface area contributed by atoms with Crippen LogP contribution in [0.1, 0.15) is 5.69 Å². The fourth-order valence-electron chi connectivity index (χ4n) is 1.61. The summed E-state index contributed by atoms with van der Waals surface area (Å²) in [6.07, 6.45) is 1.63. The largest absolute Gasteiger partial charge is 0.379 e. The molecule has 1 aromatic heterocycles. The zero-order chi connectivity index (χ0) is 11.2. The summed E-state index contributed by atoms with van der Waals surface area (Å²) >= 11 is 1.79. The molecule has 5 heteroatoms. The van der Waals surface area contributed by atoms with Gasteiger partial charge in [-0.15, -0.1) is 11.8 Å². The molecule has 0 radical (unpaired) electrons. The van der Waals surface area contributed by atoms with E-state index in [9.17, 15) is 0 Å². The number of thioether (sulfide) groups is 1. The average Bonchev–Trinajstić information content (AvgIpc) is 2.30. The van der Waals surface area contributed by atoms with E-state index in [2.05, 4.69) is 14.9 Å². The highest BCUT2D eigenvalue weighted by atomic mass is 32.2. The van der Waals surface area contributed by atoms with Crippen molar-refractivity contribution >= 4 is 11.8 Å². The standard InChI is InChI=1S/C11H17N3OS/c1-10-8-11(13-9-12-10)16-7-4-14-2-5-15-6-3-14/h8-9H,2-7H2,1H3. The summed E-state index contributed by atoms with van der Waals surface area (Å²) in [5.74, 6) is 1.08. The second-order valence-electron chi connectivity index (χ2n) is 3.80. The Morgan fingerprint density at radius 2 is 2.19 bits per heavy atom. The highest BCUT2D eigenvalue weighted by Gasteiger charge is 2.09. The molecular weight excluding hydrogens is 222 g/mol. The molecule has 1 aromatic rings. The molecule has 4 nitrogen and oxygen atoms in total. The first-order valence-corrected chi connectivity index (χ1v) is 6.55. The van der Waals surface area contributed by atoms with Crippen LogP contribution in [0.15, 0.2) is 17.4 Å². The quantitative estimate of drug-likeness (QED) is 0.583. The van der Waals surface area contributed by atoms with Crippen LogP contribution in [0.5, 0.6) is 0 Å². The topological polar surface area (TPSA) is 38.2 Å². The van der Waals surface area contributed by atoms with E-state index >= 15 is 0 Å². The number of nitrogens with zero attached hydrogens (tertiary/aromatic N) is 3. The summed E-state index contributed by atoms with van der Waals surface area (Å²) < 4.78 is 5.31. The van der Waals surface area contributed by atoms with E-state index in [0.29, 0.717) is 0 Å². The van der Waals surface area contributed by atoms with Gasteiger partial charge >= 0.3 is 0 Å². The molecule has 1 aliphatic rings. The Morgan fingerprint density at radius 1 is 1.38 bits per heavy atom. The Hall–Kier alpha value is -0.650. The third kappa shape index (κ3) is 3.73. The van der Waals surface area contributed by atoms with Crippen LogP contribution in [-0.4, -0.2) is 53.5 Å². The smallest absolute Gasteiger partial charge is 0.116 e. The minimum atomic E-state index is 0.872. The molecule has 88 valence electrons. The normalized spacial score (nSPS) is 17.6. The van der Waals surface area contributed by atoms with Crippen molar-refractivity contribution < 1.29 is 4.74 Å². The van der Waals surface area contributed by atoms with Crippen LogP contribution >= 0.6 is 11.8 Å². The number of ether oxygens (including phenoxy) is 1. The molecule has 0 aliphatic carbocycles. The van der Waals surface area contributed by atoms with Crippen LogP contribution in [-0.2, 0) is 4.74 Å². The average molecular weight is 239 g/mol. The predicted octanol–water partition coefficient (Wildman–Crippen LogP) is 1.21. The van der Waals surface area contributed by atoms with Gasteiger partial charge in [0, 0.05) is 31.1 Å². The van der Waals surface area contributed by atoms with Crippen LogP contribution in [0.25, 0.3) is 0 Å². The molecule has 2 heterocycles. The number of aryl methyl sites for hydroxylation is 1. The van der Waals surface area contributed by atoms with Gasteiger partial charge in [0.25, 0.3) is 0 Å². The molecular formula is C11H17N3OS.